The van der Waals surface area contributed by atoms with Gasteiger partial charge in [0.2, 0.25) is 5.95 Å². The van der Waals surface area contributed by atoms with E-state index >= 15 is 0 Å². The lowest BCUT2D eigenvalue weighted by molar-refractivity contribution is 0.0525. The fraction of sp³-hybridized carbons (Fsp3) is 0.619. The standard InChI is InChI=1S/C21H33N7O4S/c1-21(2,3)32-20(29)24-10-13-28(33(30,31)18-15-26(4)16-25-18)14-17-6-11-27(12-7-17)19-22-8-5-9-23-19/h5,8-9,15-17H,6-7,10-14H2,1-4H3,(H,24,29). The highest BCUT2D eigenvalue weighted by Crippen LogP contribution is 2.23. The van der Waals surface area contributed by atoms with Crippen molar-refractivity contribution >= 4 is 22.1 Å². The quantitative estimate of drug-likeness (QED) is 0.606. The zero-order valence-corrected chi connectivity index (χ0v) is 20.5. The van der Waals surface area contributed by atoms with Crippen LogP contribution in [0.5, 0.6) is 0 Å². The molecular weight excluding hydrogens is 446 g/mol. The summed E-state index contributed by atoms with van der Waals surface area (Å²) < 4.78 is 34.8. The molecule has 1 saturated heterocycles. The minimum Gasteiger partial charge on any atom is -0.444 e. The van der Waals surface area contributed by atoms with Gasteiger partial charge in [0.1, 0.15) is 5.60 Å². The second-order valence-corrected chi connectivity index (χ2v) is 11.0. The van der Waals surface area contributed by atoms with Crippen molar-refractivity contribution in [3.8, 4) is 0 Å². The van der Waals surface area contributed by atoms with E-state index in [9.17, 15) is 13.2 Å². The Morgan fingerprint density at radius 2 is 1.88 bits per heavy atom. The molecule has 0 aromatic carbocycles. The number of nitrogens with zero attached hydrogens (tertiary/aromatic N) is 6. The summed E-state index contributed by atoms with van der Waals surface area (Å²) in [6.07, 6.45) is 7.42. The van der Waals surface area contributed by atoms with Gasteiger partial charge >= 0.3 is 6.09 Å². The zero-order valence-electron chi connectivity index (χ0n) is 19.6. The van der Waals surface area contributed by atoms with Gasteiger partial charge in [-0.3, -0.25) is 0 Å². The molecule has 1 fully saturated rings. The van der Waals surface area contributed by atoms with Crippen LogP contribution in [-0.2, 0) is 21.8 Å². The van der Waals surface area contributed by atoms with Crippen molar-refractivity contribution in [1.29, 1.82) is 0 Å². The molecule has 182 valence electrons. The predicted molar refractivity (Wildman–Crippen MR) is 123 cm³/mol. The number of carbonyl (C=O) groups is 1. The van der Waals surface area contributed by atoms with Crippen LogP contribution in [0.25, 0.3) is 0 Å². The van der Waals surface area contributed by atoms with E-state index in [-0.39, 0.29) is 24.0 Å². The minimum absolute atomic E-state index is 0.00242. The molecule has 12 heteroatoms. The summed E-state index contributed by atoms with van der Waals surface area (Å²) in [6.45, 7) is 7.44. The summed E-state index contributed by atoms with van der Waals surface area (Å²) in [7, 11) is -2.08. The molecule has 0 radical (unpaired) electrons. The Balaban J connectivity index is 1.64. The number of alkyl carbamates (subject to hydrolysis) is 1. The van der Waals surface area contributed by atoms with E-state index in [0.29, 0.717) is 12.5 Å². The molecule has 11 nitrogen and oxygen atoms in total. The molecule has 0 spiro atoms. The molecule has 0 aliphatic carbocycles. The summed E-state index contributed by atoms with van der Waals surface area (Å²) in [5.74, 6) is 0.862. The van der Waals surface area contributed by atoms with E-state index in [0.717, 1.165) is 25.9 Å². The summed E-state index contributed by atoms with van der Waals surface area (Å²) >= 11 is 0. The maximum Gasteiger partial charge on any atom is 0.407 e. The Morgan fingerprint density at radius 3 is 2.45 bits per heavy atom. The predicted octanol–water partition coefficient (Wildman–Crippen LogP) is 1.64. The topological polar surface area (TPSA) is 123 Å². The van der Waals surface area contributed by atoms with Gasteiger partial charge in [-0.15, -0.1) is 0 Å². The number of hydrogen-bond acceptors (Lipinski definition) is 8. The van der Waals surface area contributed by atoms with E-state index in [4.69, 9.17) is 4.74 Å². The number of nitrogens with one attached hydrogen (secondary N) is 1. The monoisotopic (exact) mass is 479 g/mol. The zero-order chi connectivity index (χ0) is 24.1. The van der Waals surface area contributed by atoms with Gasteiger partial charge in [0.15, 0.2) is 5.03 Å². The Hall–Kier alpha value is -2.73. The highest BCUT2D eigenvalue weighted by atomic mass is 32.2. The maximum absolute atomic E-state index is 13.3. The van der Waals surface area contributed by atoms with E-state index < -0.39 is 21.7 Å². The number of imidazole rings is 1. The number of piperidine rings is 1. The molecule has 1 N–H and O–H groups in total. The van der Waals surface area contributed by atoms with Crippen LogP contribution in [0.2, 0.25) is 0 Å². The molecular formula is C21H33N7O4S. The second kappa shape index (κ2) is 10.5. The van der Waals surface area contributed by atoms with Crippen LogP contribution in [0.1, 0.15) is 33.6 Å². The van der Waals surface area contributed by atoms with Crippen molar-refractivity contribution in [2.75, 3.05) is 37.6 Å². The molecule has 2 aromatic rings. The third-order valence-electron chi connectivity index (χ3n) is 5.23. The molecule has 1 aliphatic rings. The molecule has 1 amide bonds. The van der Waals surface area contributed by atoms with Gasteiger partial charge in [-0.2, -0.15) is 4.31 Å². The Labute approximate surface area is 195 Å². The van der Waals surface area contributed by atoms with Crippen LogP contribution in [-0.4, -0.2) is 76.7 Å². The van der Waals surface area contributed by atoms with Crippen LogP contribution in [0.15, 0.2) is 36.0 Å². The molecule has 0 atom stereocenters. The van der Waals surface area contributed by atoms with Crippen molar-refractivity contribution in [3.63, 3.8) is 0 Å². The van der Waals surface area contributed by atoms with Crippen LogP contribution >= 0.6 is 0 Å². The van der Waals surface area contributed by atoms with Crippen LogP contribution < -0.4 is 10.2 Å². The third-order valence-corrected chi connectivity index (χ3v) is 6.98. The summed E-state index contributed by atoms with van der Waals surface area (Å²) in [6, 6.07) is 1.78. The van der Waals surface area contributed by atoms with Crippen LogP contribution in [0.3, 0.4) is 0 Å². The first-order valence-corrected chi connectivity index (χ1v) is 12.5. The number of hydrogen-bond donors (Lipinski definition) is 1. The maximum atomic E-state index is 13.3. The lowest BCUT2D eigenvalue weighted by atomic mass is 9.97. The SMILES string of the molecule is Cn1cnc(S(=O)(=O)N(CCNC(=O)OC(C)(C)C)CC2CCN(c3ncccn3)CC2)c1. The van der Waals surface area contributed by atoms with Gasteiger partial charge in [0.25, 0.3) is 10.0 Å². The first-order valence-electron chi connectivity index (χ1n) is 11.0. The van der Waals surface area contributed by atoms with Gasteiger partial charge in [-0.1, -0.05) is 0 Å². The average Bonchev–Trinajstić information content (AvgIpc) is 3.20. The smallest absolute Gasteiger partial charge is 0.407 e. The van der Waals surface area contributed by atoms with Gasteiger partial charge < -0.3 is 19.5 Å². The molecule has 0 unspecified atom stereocenters. The van der Waals surface area contributed by atoms with Crippen LogP contribution in [0.4, 0.5) is 10.7 Å². The largest absolute Gasteiger partial charge is 0.444 e. The Bertz CT molecular complexity index is 1010. The lowest BCUT2D eigenvalue weighted by Gasteiger charge is -2.34. The van der Waals surface area contributed by atoms with Crippen molar-refractivity contribution in [2.45, 2.75) is 44.2 Å². The van der Waals surface area contributed by atoms with Crippen LogP contribution in [0, 0.1) is 5.92 Å². The normalized spacial score (nSPS) is 15.6. The number of aryl methyl sites for hydroxylation is 1. The van der Waals surface area contributed by atoms with Crippen molar-refractivity contribution in [2.24, 2.45) is 13.0 Å². The number of rotatable bonds is 8. The lowest BCUT2D eigenvalue weighted by Crippen LogP contribution is -2.44. The molecule has 33 heavy (non-hydrogen) atoms. The molecule has 1 aliphatic heterocycles. The van der Waals surface area contributed by atoms with Gasteiger partial charge in [0.05, 0.1) is 6.33 Å². The van der Waals surface area contributed by atoms with Crippen molar-refractivity contribution in [1.82, 2.24) is 29.1 Å². The van der Waals surface area contributed by atoms with Gasteiger partial charge in [-0.05, 0) is 45.6 Å². The number of anilines is 1. The van der Waals surface area contributed by atoms with E-state index in [2.05, 4.69) is 25.2 Å². The number of carbonyl (C=O) groups excluding carboxylic acids is 1. The average molecular weight is 480 g/mol. The minimum atomic E-state index is -3.81. The fourth-order valence-electron chi connectivity index (χ4n) is 3.62. The molecule has 0 saturated carbocycles. The number of sulfonamides is 1. The molecule has 2 aromatic heterocycles. The summed E-state index contributed by atoms with van der Waals surface area (Å²) in [4.78, 5) is 26.7. The Kier molecular flexibility index (Phi) is 7.90. The van der Waals surface area contributed by atoms with E-state index in [1.807, 2.05) is 0 Å². The fourth-order valence-corrected chi connectivity index (χ4v) is 5.10. The van der Waals surface area contributed by atoms with Crippen molar-refractivity contribution < 1.29 is 17.9 Å². The highest BCUT2D eigenvalue weighted by Gasteiger charge is 2.31. The second-order valence-electron chi connectivity index (χ2n) is 9.15. The number of aromatic nitrogens is 4. The number of amides is 1. The first kappa shape index (κ1) is 24.9. The van der Waals surface area contributed by atoms with Gasteiger partial charge in [-0.25, -0.2) is 28.2 Å². The first-order chi connectivity index (χ1) is 15.5. The molecule has 0 bridgehead atoms. The summed E-state index contributed by atoms with van der Waals surface area (Å²) in [5, 5.41) is 2.64. The van der Waals surface area contributed by atoms with E-state index in [1.165, 1.54) is 16.8 Å². The third kappa shape index (κ3) is 7.13. The molecule has 3 heterocycles. The number of ether oxygens (including phenoxy) is 1. The molecule has 3 rings (SSSR count). The van der Waals surface area contributed by atoms with Gasteiger partial charge in [0, 0.05) is 58.4 Å². The summed E-state index contributed by atoms with van der Waals surface area (Å²) in [5.41, 5.74) is -0.625. The highest BCUT2D eigenvalue weighted by molar-refractivity contribution is 7.89. The van der Waals surface area contributed by atoms with Crippen molar-refractivity contribution in [3.05, 3.63) is 31.0 Å². The Morgan fingerprint density at radius 1 is 1.21 bits per heavy atom. The van der Waals surface area contributed by atoms with E-state index in [1.54, 1.807) is 50.8 Å².